The molecule has 0 spiro atoms. The van der Waals surface area contributed by atoms with E-state index in [2.05, 4.69) is 4.98 Å². The molecule has 0 bridgehead atoms. The number of hydrogen-bond donors (Lipinski definition) is 0. The van der Waals surface area contributed by atoms with Crippen LogP contribution in [0.4, 0.5) is 5.13 Å². The van der Waals surface area contributed by atoms with Crippen LogP contribution in [0.2, 0.25) is 5.02 Å². The van der Waals surface area contributed by atoms with Gasteiger partial charge in [-0.1, -0.05) is 66.3 Å². The zero-order valence-corrected chi connectivity index (χ0v) is 23.4. The second kappa shape index (κ2) is 11.7. The minimum Gasteiger partial charge on any atom is -0.308 e. The van der Waals surface area contributed by atoms with Crippen LogP contribution in [-0.2, 0) is 16.6 Å². The van der Waals surface area contributed by atoms with E-state index in [4.69, 9.17) is 11.6 Å². The van der Waals surface area contributed by atoms with Gasteiger partial charge >= 0.3 is 0 Å². The molecule has 1 aromatic heterocycles. The molecule has 10 heteroatoms. The molecule has 0 aliphatic heterocycles. The van der Waals surface area contributed by atoms with Gasteiger partial charge in [-0.15, -0.1) is 0 Å². The first kappa shape index (κ1) is 27.2. The van der Waals surface area contributed by atoms with Crippen LogP contribution in [-0.4, -0.2) is 62.2 Å². The molecule has 1 heterocycles. The maximum absolute atomic E-state index is 13.6. The van der Waals surface area contributed by atoms with Crippen LogP contribution in [0.1, 0.15) is 22.8 Å². The Morgan fingerprint density at radius 1 is 0.946 bits per heavy atom. The van der Waals surface area contributed by atoms with Gasteiger partial charge in [-0.25, -0.2) is 13.4 Å². The fourth-order valence-electron chi connectivity index (χ4n) is 3.83. The molecular weight excluding hydrogens is 528 g/mol. The third-order valence-corrected chi connectivity index (χ3v) is 9.18. The summed E-state index contributed by atoms with van der Waals surface area (Å²) >= 11 is 7.72. The Morgan fingerprint density at radius 3 is 2.27 bits per heavy atom. The monoisotopic (exact) mass is 556 g/mol. The number of para-hydroxylation sites is 1. The number of carbonyl (C=O) groups excluding carboxylic acids is 1. The number of thiazole rings is 1. The first-order valence-corrected chi connectivity index (χ1v) is 14.5. The minimum absolute atomic E-state index is 0.147. The van der Waals surface area contributed by atoms with Crippen LogP contribution in [0, 0.1) is 0 Å². The number of fused-ring (bicyclic) bond motifs is 1. The van der Waals surface area contributed by atoms with Crippen molar-refractivity contribution in [1.82, 2.24) is 14.2 Å². The van der Waals surface area contributed by atoms with Crippen LogP contribution in [0.15, 0.2) is 77.7 Å². The van der Waals surface area contributed by atoms with Crippen molar-refractivity contribution in [3.63, 3.8) is 0 Å². The number of benzene rings is 3. The lowest BCUT2D eigenvalue weighted by Crippen LogP contribution is -2.36. The van der Waals surface area contributed by atoms with Gasteiger partial charge in [0, 0.05) is 31.7 Å². The van der Waals surface area contributed by atoms with E-state index >= 15 is 0 Å². The lowest BCUT2D eigenvalue weighted by molar-refractivity contribution is 0.0985. The van der Waals surface area contributed by atoms with Gasteiger partial charge in [0.1, 0.15) is 5.52 Å². The average Bonchev–Trinajstić information content (AvgIpc) is 3.33. The van der Waals surface area contributed by atoms with Crippen molar-refractivity contribution < 1.29 is 13.2 Å². The summed E-state index contributed by atoms with van der Waals surface area (Å²) in [5.41, 5.74) is 1.95. The van der Waals surface area contributed by atoms with Crippen molar-refractivity contribution in [1.29, 1.82) is 0 Å². The Hall–Kier alpha value is -2.82. The van der Waals surface area contributed by atoms with E-state index in [9.17, 15) is 13.2 Å². The quantitative estimate of drug-likeness (QED) is 0.262. The molecule has 0 N–H and O–H groups in total. The van der Waals surface area contributed by atoms with E-state index in [0.29, 0.717) is 40.9 Å². The van der Waals surface area contributed by atoms with Crippen LogP contribution < -0.4 is 4.90 Å². The van der Waals surface area contributed by atoms with Crippen LogP contribution in [0.25, 0.3) is 10.2 Å². The molecule has 0 atom stereocenters. The van der Waals surface area contributed by atoms with Crippen molar-refractivity contribution in [3.8, 4) is 0 Å². The van der Waals surface area contributed by atoms with E-state index in [0.717, 1.165) is 10.3 Å². The number of likely N-dealkylation sites (N-methyl/N-ethyl adjacent to an activating group) is 1. The summed E-state index contributed by atoms with van der Waals surface area (Å²) in [6.45, 7) is 3.47. The number of rotatable bonds is 10. The largest absolute Gasteiger partial charge is 0.308 e. The number of anilines is 1. The Labute approximate surface area is 227 Å². The number of amides is 1. The fourth-order valence-corrected chi connectivity index (χ4v) is 6.56. The van der Waals surface area contributed by atoms with Gasteiger partial charge < -0.3 is 4.90 Å². The zero-order valence-electron chi connectivity index (χ0n) is 21.0. The lowest BCUT2D eigenvalue weighted by atomic mass is 10.2. The third kappa shape index (κ3) is 6.19. The van der Waals surface area contributed by atoms with E-state index in [1.54, 1.807) is 23.1 Å². The fraction of sp³-hybridized carbons (Fsp3) is 0.259. The van der Waals surface area contributed by atoms with Gasteiger partial charge in [-0.2, -0.15) is 4.31 Å². The zero-order chi connectivity index (χ0) is 26.6. The Kier molecular flexibility index (Phi) is 8.61. The number of hydrogen-bond acceptors (Lipinski definition) is 6. The van der Waals surface area contributed by atoms with Gasteiger partial charge in [-0.05, 0) is 56.1 Å². The highest BCUT2D eigenvalue weighted by Crippen LogP contribution is 2.33. The standard InChI is InChI=1S/C27H29ClN4O3S2/c1-4-31(19-20-9-6-5-7-10-20)37(34,35)22-15-13-21(14-16-22)26(33)32(18-17-30(2)3)27-29-25-23(28)11-8-12-24(25)36-27/h5-16H,4,17-19H2,1-3H3. The summed E-state index contributed by atoms with van der Waals surface area (Å²) in [5, 5.41) is 1.08. The summed E-state index contributed by atoms with van der Waals surface area (Å²) in [6, 6.07) is 21.1. The molecule has 7 nitrogen and oxygen atoms in total. The van der Waals surface area contributed by atoms with E-state index < -0.39 is 10.0 Å². The number of carbonyl (C=O) groups is 1. The molecule has 0 saturated heterocycles. The van der Waals surface area contributed by atoms with Crippen molar-refractivity contribution in [2.75, 3.05) is 38.6 Å². The van der Waals surface area contributed by atoms with Gasteiger partial charge in [-0.3, -0.25) is 9.69 Å². The first-order valence-electron chi connectivity index (χ1n) is 11.9. The topological polar surface area (TPSA) is 73.8 Å². The number of sulfonamides is 1. The predicted octanol–water partition coefficient (Wildman–Crippen LogP) is 5.37. The molecule has 0 aliphatic rings. The summed E-state index contributed by atoms with van der Waals surface area (Å²) in [4.78, 5) is 22.0. The SMILES string of the molecule is CCN(Cc1ccccc1)S(=O)(=O)c1ccc(C(=O)N(CCN(C)C)c2nc3c(Cl)cccc3s2)cc1. The van der Waals surface area contributed by atoms with E-state index in [1.165, 1.54) is 27.8 Å². The average molecular weight is 557 g/mol. The summed E-state index contributed by atoms with van der Waals surface area (Å²) in [6.07, 6.45) is 0. The molecule has 194 valence electrons. The molecule has 0 unspecified atom stereocenters. The Morgan fingerprint density at radius 2 is 1.65 bits per heavy atom. The normalized spacial score (nSPS) is 11.9. The maximum atomic E-state index is 13.6. The Bertz CT molecular complexity index is 1470. The molecular formula is C27H29ClN4O3S2. The second-order valence-electron chi connectivity index (χ2n) is 8.78. The smallest absolute Gasteiger partial charge is 0.260 e. The summed E-state index contributed by atoms with van der Waals surface area (Å²) in [7, 11) is 0.143. The van der Waals surface area contributed by atoms with Crippen molar-refractivity contribution in [2.45, 2.75) is 18.4 Å². The highest BCUT2D eigenvalue weighted by Gasteiger charge is 2.26. The first-order chi connectivity index (χ1) is 17.7. The molecule has 3 aromatic carbocycles. The molecule has 4 aromatic rings. The van der Waals surface area contributed by atoms with Gasteiger partial charge in [0.2, 0.25) is 10.0 Å². The number of halogens is 1. The molecule has 4 rings (SSSR count). The van der Waals surface area contributed by atoms with Crippen LogP contribution >= 0.6 is 22.9 Å². The van der Waals surface area contributed by atoms with E-state index in [1.807, 2.05) is 68.4 Å². The highest BCUT2D eigenvalue weighted by molar-refractivity contribution is 7.89. The predicted molar refractivity (Wildman–Crippen MR) is 151 cm³/mol. The van der Waals surface area contributed by atoms with Gasteiger partial charge in [0.25, 0.3) is 5.91 Å². The lowest BCUT2D eigenvalue weighted by Gasteiger charge is -2.23. The van der Waals surface area contributed by atoms with Crippen molar-refractivity contribution in [2.24, 2.45) is 0 Å². The van der Waals surface area contributed by atoms with Gasteiger partial charge in [0.05, 0.1) is 14.6 Å². The molecule has 1 amide bonds. The van der Waals surface area contributed by atoms with Crippen molar-refractivity contribution in [3.05, 3.63) is 88.9 Å². The molecule has 0 aliphatic carbocycles. The molecule has 37 heavy (non-hydrogen) atoms. The van der Waals surface area contributed by atoms with Crippen molar-refractivity contribution >= 4 is 54.2 Å². The van der Waals surface area contributed by atoms with E-state index in [-0.39, 0.29) is 17.3 Å². The maximum Gasteiger partial charge on any atom is 0.260 e. The molecule has 0 saturated carbocycles. The highest BCUT2D eigenvalue weighted by atomic mass is 35.5. The van der Waals surface area contributed by atoms with Crippen LogP contribution in [0.5, 0.6) is 0 Å². The summed E-state index contributed by atoms with van der Waals surface area (Å²) in [5.74, 6) is -0.252. The third-order valence-electron chi connectivity index (χ3n) is 5.90. The molecule has 0 fully saturated rings. The van der Waals surface area contributed by atoms with Gasteiger partial charge in [0.15, 0.2) is 5.13 Å². The Balaban J connectivity index is 1.60. The number of nitrogens with zero attached hydrogens (tertiary/aromatic N) is 4. The molecule has 0 radical (unpaired) electrons. The van der Waals surface area contributed by atoms with Crippen LogP contribution in [0.3, 0.4) is 0 Å². The summed E-state index contributed by atoms with van der Waals surface area (Å²) < 4.78 is 29.0. The number of aromatic nitrogens is 1. The minimum atomic E-state index is -3.73. The second-order valence-corrected chi connectivity index (χ2v) is 12.1.